The van der Waals surface area contributed by atoms with Gasteiger partial charge in [0.2, 0.25) is 0 Å². The molecule has 2 amide bonds. The van der Waals surface area contributed by atoms with Crippen LogP contribution in [0.5, 0.6) is 5.75 Å². The van der Waals surface area contributed by atoms with Crippen LogP contribution in [0.25, 0.3) is 11.3 Å². The summed E-state index contributed by atoms with van der Waals surface area (Å²) >= 11 is 0. The molecule has 0 aliphatic carbocycles. The van der Waals surface area contributed by atoms with Crippen molar-refractivity contribution in [1.29, 1.82) is 0 Å². The van der Waals surface area contributed by atoms with Crippen LogP contribution in [-0.4, -0.2) is 69.4 Å². The minimum atomic E-state index is -0.552. The third-order valence-electron chi connectivity index (χ3n) is 5.53. The largest absolute Gasteiger partial charge is 0.508 e. The second kappa shape index (κ2) is 8.26. The van der Waals surface area contributed by atoms with Crippen molar-refractivity contribution in [3.8, 4) is 17.0 Å². The van der Waals surface area contributed by atoms with E-state index in [4.69, 9.17) is 9.72 Å². The molecule has 4 rings (SSSR count). The summed E-state index contributed by atoms with van der Waals surface area (Å²) in [5.41, 5.74) is 3.89. The van der Waals surface area contributed by atoms with Crippen LogP contribution in [-0.2, 0) is 11.3 Å². The molecule has 8 heteroatoms. The highest BCUT2D eigenvalue weighted by atomic mass is 16.6. The smallest absolute Gasteiger partial charge is 0.410 e. The normalized spacial score (nSPS) is 15.9. The van der Waals surface area contributed by atoms with Crippen LogP contribution < -0.4 is 0 Å². The SMILES string of the molecule is CC1=NCc2nc(-c3ccc(O)cc3)cc(C(=O)N3CCN(C(=O)OC(C)(C)C)CC3)c21. The Balaban J connectivity index is 1.57. The van der Waals surface area contributed by atoms with E-state index in [1.165, 1.54) is 0 Å². The monoisotopic (exact) mass is 436 g/mol. The van der Waals surface area contributed by atoms with E-state index in [0.29, 0.717) is 44.0 Å². The van der Waals surface area contributed by atoms with Gasteiger partial charge in [-0.3, -0.25) is 14.8 Å². The first-order valence-electron chi connectivity index (χ1n) is 10.7. The second-order valence-corrected chi connectivity index (χ2v) is 9.08. The second-order valence-electron chi connectivity index (χ2n) is 9.08. The van der Waals surface area contributed by atoms with Crippen molar-refractivity contribution < 1.29 is 19.4 Å². The lowest BCUT2D eigenvalue weighted by atomic mass is 9.99. The van der Waals surface area contributed by atoms with Gasteiger partial charge in [0.1, 0.15) is 11.4 Å². The molecule has 2 aromatic rings. The number of hydrogen-bond donors (Lipinski definition) is 1. The molecule has 0 radical (unpaired) electrons. The Morgan fingerprint density at radius 3 is 2.28 bits per heavy atom. The molecule has 168 valence electrons. The van der Waals surface area contributed by atoms with Gasteiger partial charge >= 0.3 is 6.09 Å². The zero-order valence-electron chi connectivity index (χ0n) is 18.9. The summed E-state index contributed by atoms with van der Waals surface area (Å²) in [6, 6.07) is 8.56. The van der Waals surface area contributed by atoms with Crippen LogP contribution in [0.1, 0.15) is 49.3 Å². The molecule has 0 spiro atoms. The number of hydrogen-bond acceptors (Lipinski definition) is 6. The topological polar surface area (TPSA) is 95.3 Å². The number of pyridine rings is 1. The van der Waals surface area contributed by atoms with Crippen molar-refractivity contribution in [2.45, 2.75) is 39.8 Å². The quantitative estimate of drug-likeness (QED) is 0.778. The van der Waals surface area contributed by atoms with Gasteiger partial charge in [-0.05, 0) is 58.0 Å². The molecule has 0 atom stereocenters. The van der Waals surface area contributed by atoms with E-state index in [1.807, 2.05) is 27.7 Å². The Bertz CT molecular complexity index is 1080. The number of rotatable bonds is 2. The van der Waals surface area contributed by atoms with E-state index in [1.54, 1.807) is 40.1 Å². The lowest BCUT2D eigenvalue weighted by Crippen LogP contribution is -2.51. The number of aromatic nitrogens is 1. The van der Waals surface area contributed by atoms with E-state index in [-0.39, 0.29) is 17.7 Å². The van der Waals surface area contributed by atoms with Gasteiger partial charge in [0.25, 0.3) is 5.91 Å². The number of nitrogens with zero attached hydrogens (tertiary/aromatic N) is 4. The van der Waals surface area contributed by atoms with Gasteiger partial charge in [0.05, 0.1) is 23.5 Å². The molecule has 0 bridgehead atoms. The Morgan fingerprint density at radius 2 is 1.66 bits per heavy atom. The number of carbonyl (C=O) groups excluding carboxylic acids is 2. The first-order chi connectivity index (χ1) is 15.1. The van der Waals surface area contributed by atoms with Crippen LogP contribution in [0.15, 0.2) is 35.3 Å². The van der Waals surface area contributed by atoms with Crippen molar-refractivity contribution in [3.05, 3.63) is 47.2 Å². The summed E-state index contributed by atoms with van der Waals surface area (Å²) in [5, 5.41) is 9.59. The van der Waals surface area contributed by atoms with E-state index >= 15 is 0 Å². The standard InChI is InChI=1S/C24H28N4O4/c1-15-21-18(13-19(26-20(21)14-25-15)16-5-7-17(29)8-6-16)22(30)27-9-11-28(12-10-27)23(31)32-24(2,3)4/h5-8,13,29H,9-12,14H2,1-4H3. The van der Waals surface area contributed by atoms with E-state index in [2.05, 4.69) is 4.99 Å². The minimum Gasteiger partial charge on any atom is -0.508 e. The highest BCUT2D eigenvalue weighted by Crippen LogP contribution is 2.29. The first-order valence-corrected chi connectivity index (χ1v) is 10.7. The number of ether oxygens (including phenoxy) is 1. The highest BCUT2D eigenvalue weighted by molar-refractivity contribution is 6.11. The summed E-state index contributed by atoms with van der Waals surface area (Å²) in [6.07, 6.45) is -0.355. The molecule has 1 aromatic heterocycles. The summed E-state index contributed by atoms with van der Waals surface area (Å²) in [5.74, 6) is 0.0808. The van der Waals surface area contributed by atoms with Gasteiger partial charge in [-0.25, -0.2) is 4.79 Å². The maximum Gasteiger partial charge on any atom is 0.410 e. The van der Waals surface area contributed by atoms with Gasteiger partial charge in [-0.2, -0.15) is 0 Å². The Kier molecular flexibility index (Phi) is 5.62. The molecule has 3 heterocycles. The Labute approximate surface area is 187 Å². The van der Waals surface area contributed by atoms with E-state index in [0.717, 1.165) is 22.5 Å². The maximum atomic E-state index is 13.5. The molecule has 1 fully saturated rings. The van der Waals surface area contributed by atoms with Crippen molar-refractivity contribution in [1.82, 2.24) is 14.8 Å². The number of aromatic hydroxyl groups is 1. The fourth-order valence-electron chi connectivity index (χ4n) is 3.93. The number of aliphatic imine (C=N–C) groups is 1. The molecule has 1 N–H and O–H groups in total. The predicted molar refractivity (Wildman–Crippen MR) is 121 cm³/mol. The number of fused-ring (bicyclic) bond motifs is 1. The van der Waals surface area contributed by atoms with Crippen molar-refractivity contribution in [3.63, 3.8) is 0 Å². The third kappa shape index (κ3) is 4.44. The third-order valence-corrected chi connectivity index (χ3v) is 5.53. The molecule has 8 nitrogen and oxygen atoms in total. The van der Waals surface area contributed by atoms with Crippen molar-refractivity contribution >= 4 is 17.7 Å². The number of phenolic OH excluding ortho intramolecular Hbond substituents is 1. The van der Waals surface area contributed by atoms with Crippen LogP contribution in [0, 0.1) is 0 Å². The van der Waals surface area contributed by atoms with Gasteiger partial charge in [0, 0.05) is 43.0 Å². The van der Waals surface area contributed by atoms with Crippen molar-refractivity contribution in [2.75, 3.05) is 26.2 Å². The molecule has 1 saturated heterocycles. The first kappa shape index (κ1) is 21.8. The zero-order chi connectivity index (χ0) is 23.0. The number of carbonyl (C=O) groups is 2. The average molecular weight is 437 g/mol. The molecular formula is C24H28N4O4. The van der Waals surface area contributed by atoms with E-state index in [9.17, 15) is 14.7 Å². The molecule has 2 aliphatic rings. The number of amides is 2. The summed E-state index contributed by atoms with van der Waals surface area (Å²) in [7, 11) is 0. The van der Waals surface area contributed by atoms with Gasteiger partial charge in [-0.15, -0.1) is 0 Å². The molecular weight excluding hydrogens is 408 g/mol. The van der Waals surface area contributed by atoms with Crippen LogP contribution in [0.4, 0.5) is 4.79 Å². The van der Waals surface area contributed by atoms with Crippen molar-refractivity contribution in [2.24, 2.45) is 4.99 Å². The zero-order valence-corrected chi connectivity index (χ0v) is 18.9. The predicted octanol–water partition coefficient (Wildman–Crippen LogP) is 3.47. The summed E-state index contributed by atoms with van der Waals surface area (Å²) < 4.78 is 5.45. The molecule has 0 saturated carbocycles. The number of benzene rings is 1. The Hall–Kier alpha value is -3.42. The fourth-order valence-corrected chi connectivity index (χ4v) is 3.93. The van der Waals surface area contributed by atoms with Crippen LogP contribution in [0.3, 0.4) is 0 Å². The van der Waals surface area contributed by atoms with Crippen LogP contribution >= 0.6 is 0 Å². The van der Waals surface area contributed by atoms with Gasteiger partial charge < -0.3 is 19.6 Å². The number of phenols is 1. The van der Waals surface area contributed by atoms with Gasteiger partial charge in [-0.1, -0.05) is 0 Å². The highest BCUT2D eigenvalue weighted by Gasteiger charge is 2.31. The van der Waals surface area contributed by atoms with E-state index < -0.39 is 5.60 Å². The molecule has 0 unspecified atom stereocenters. The lowest BCUT2D eigenvalue weighted by molar-refractivity contribution is 0.0141. The fraction of sp³-hybridized carbons (Fsp3) is 0.417. The number of piperazine rings is 1. The average Bonchev–Trinajstić information content (AvgIpc) is 3.13. The molecule has 2 aliphatic heterocycles. The van der Waals surface area contributed by atoms with Crippen LogP contribution in [0.2, 0.25) is 0 Å². The van der Waals surface area contributed by atoms with Gasteiger partial charge in [0.15, 0.2) is 0 Å². The summed E-state index contributed by atoms with van der Waals surface area (Å²) in [6.45, 7) is 9.56. The maximum absolute atomic E-state index is 13.5. The molecule has 1 aromatic carbocycles. The molecule has 32 heavy (non-hydrogen) atoms. The lowest BCUT2D eigenvalue weighted by Gasteiger charge is -2.35. The minimum absolute atomic E-state index is 0.0935. The Morgan fingerprint density at radius 1 is 1.03 bits per heavy atom. The summed E-state index contributed by atoms with van der Waals surface area (Å²) in [4.78, 5) is 38.5.